The first-order valence-corrected chi connectivity index (χ1v) is 7.74. The number of halogens is 1. The Morgan fingerprint density at radius 2 is 2.28 bits per heavy atom. The number of rotatable bonds is 4. The summed E-state index contributed by atoms with van der Waals surface area (Å²) < 4.78 is 34.5. The van der Waals surface area contributed by atoms with Gasteiger partial charge in [0, 0.05) is 6.61 Å². The van der Waals surface area contributed by atoms with Crippen LogP contribution in [0, 0.1) is 0 Å². The molecular weight excluding hydrogens is 276 g/mol. The van der Waals surface area contributed by atoms with Crippen molar-refractivity contribution in [2.45, 2.75) is 17.4 Å². The van der Waals surface area contributed by atoms with Crippen molar-refractivity contribution < 1.29 is 17.9 Å². The number of sulfone groups is 1. The fraction of sp³-hybridized carbons (Fsp3) is 0.500. The van der Waals surface area contributed by atoms with Crippen LogP contribution in [0.3, 0.4) is 0 Å². The van der Waals surface area contributed by atoms with Gasteiger partial charge in [-0.2, -0.15) is 0 Å². The highest BCUT2D eigenvalue weighted by Gasteiger charge is 2.29. The van der Waals surface area contributed by atoms with Crippen molar-refractivity contribution in [3.63, 3.8) is 0 Å². The third-order valence-electron chi connectivity index (χ3n) is 2.98. The van der Waals surface area contributed by atoms with Crippen LogP contribution in [0.15, 0.2) is 18.2 Å². The van der Waals surface area contributed by atoms with E-state index in [-0.39, 0.29) is 11.0 Å². The van der Waals surface area contributed by atoms with Crippen molar-refractivity contribution >= 4 is 21.4 Å². The summed E-state index contributed by atoms with van der Waals surface area (Å²) in [5.41, 5.74) is 0.683. The maximum absolute atomic E-state index is 12.1. The summed E-state index contributed by atoms with van der Waals surface area (Å²) in [5, 5.41) is 0.0852. The van der Waals surface area contributed by atoms with E-state index < -0.39 is 9.84 Å². The van der Waals surface area contributed by atoms with Crippen LogP contribution in [0.5, 0.6) is 5.75 Å². The van der Waals surface area contributed by atoms with Crippen LogP contribution in [0.2, 0.25) is 5.02 Å². The number of hydrogen-bond donors (Lipinski definition) is 0. The molecule has 1 fully saturated rings. The maximum Gasteiger partial charge on any atom is 0.159 e. The zero-order valence-electron chi connectivity index (χ0n) is 10.1. The van der Waals surface area contributed by atoms with Crippen molar-refractivity contribution in [2.24, 2.45) is 0 Å². The molecule has 1 saturated heterocycles. The summed E-state index contributed by atoms with van der Waals surface area (Å²) in [6.07, 6.45) is 0.576. The monoisotopic (exact) mass is 290 g/mol. The molecule has 0 radical (unpaired) electrons. The highest BCUT2D eigenvalue weighted by atomic mass is 35.5. The topological polar surface area (TPSA) is 52.6 Å². The largest absolute Gasteiger partial charge is 0.495 e. The first kappa shape index (κ1) is 13.6. The molecule has 1 aromatic rings. The van der Waals surface area contributed by atoms with Gasteiger partial charge in [-0.3, -0.25) is 0 Å². The normalized spacial score (nSPS) is 20.0. The molecule has 0 amide bonds. The van der Waals surface area contributed by atoms with Crippen molar-refractivity contribution in [1.29, 1.82) is 0 Å². The standard InChI is InChI=1S/C12H15ClO4S/c1-16-12-6-9(2-3-11(12)13)8-18(14,15)10-4-5-17-7-10/h2-3,6,10H,4-5,7-8H2,1H3. The van der Waals surface area contributed by atoms with Crippen molar-refractivity contribution in [1.82, 2.24) is 0 Å². The molecular formula is C12H15ClO4S. The minimum Gasteiger partial charge on any atom is -0.495 e. The van der Waals surface area contributed by atoms with E-state index in [0.717, 1.165) is 0 Å². The van der Waals surface area contributed by atoms with Crippen molar-refractivity contribution in [2.75, 3.05) is 20.3 Å². The molecule has 0 bridgehead atoms. The second-order valence-electron chi connectivity index (χ2n) is 4.26. The minimum absolute atomic E-state index is 0.00540. The molecule has 1 aliphatic rings. The Morgan fingerprint density at radius 3 is 2.89 bits per heavy atom. The third-order valence-corrected chi connectivity index (χ3v) is 5.41. The summed E-state index contributed by atoms with van der Waals surface area (Å²) in [4.78, 5) is 0. The maximum atomic E-state index is 12.1. The molecule has 4 nitrogen and oxygen atoms in total. The number of methoxy groups -OCH3 is 1. The van der Waals surface area contributed by atoms with Gasteiger partial charge < -0.3 is 9.47 Å². The lowest BCUT2D eigenvalue weighted by Gasteiger charge is -2.11. The molecule has 6 heteroatoms. The molecule has 0 aromatic heterocycles. The predicted octanol–water partition coefficient (Wildman–Crippen LogP) is 2.05. The summed E-state index contributed by atoms with van der Waals surface area (Å²) in [7, 11) is -1.67. The second kappa shape index (κ2) is 5.47. The predicted molar refractivity (Wildman–Crippen MR) is 69.9 cm³/mol. The van der Waals surface area contributed by atoms with Crippen LogP contribution >= 0.6 is 11.6 Å². The highest BCUT2D eigenvalue weighted by molar-refractivity contribution is 7.91. The molecule has 0 N–H and O–H groups in total. The Kier molecular flexibility index (Phi) is 4.14. The van der Waals surface area contributed by atoms with Gasteiger partial charge in [-0.25, -0.2) is 8.42 Å². The first-order valence-electron chi connectivity index (χ1n) is 5.64. The minimum atomic E-state index is -3.17. The lowest BCUT2D eigenvalue weighted by atomic mass is 10.2. The van der Waals surface area contributed by atoms with E-state index in [1.54, 1.807) is 18.2 Å². The zero-order chi connectivity index (χ0) is 13.2. The Morgan fingerprint density at radius 1 is 1.50 bits per heavy atom. The third kappa shape index (κ3) is 2.96. The molecule has 1 heterocycles. The van der Waals surface area contributed by atoms with Crippen LogP contribution in [-0.2, 0) is 20.3 Å². The number of benzene rings is 1. The quantitative estimate of drug-likeness (QED) is 0.852. The van der Waals surface area contributed by atoms with Gasteiger partial charge in [0.15, 0.2) is 9.84 Å². The van der Waals surface area contributed by atoms with Gasteiger partial charge in [0.25, 0.3) is 0 Å². The van der Waals surface area contributed by atoms with E-state index in [9.17, 15) is 8.42 Å². The average molecular weight is 291 g/mol. The van der Waals surface area contributed by atoms with Crippen molar-refractivity contribution in [3.8, 4) is 5.75 Å². The molecule has 0 aliphatic carbocycles. The van der Waals surface area contributed by atoms with Crippen LogP contribution in [0.4, 0.5) is 0 Å². The fourth-order valence-electron chi connectivity index (χ4n) is 1.94. The van der Waals surface area contributed by atoms with E-state index in [0.29, 0.717) is 36.0 Å². The highest BCUT2D eigenvalue weighted by Crippen LogP contribution is 2.27. The molecule has 2 rings (SSSR count). The molecule has 1 atom stereocenters. The smallest absolute Gasteiger partial charge is 0.159 e. The average Bonchev–Trinajstić information content (AvgIpc) is 2.85. The second-order valence-corrected chi connectivity index (χ2v) is 6.95. The lowest BCUT2D eigenvalue weighted by molar-refractivity contribution is 0.198. The molecule has 0 spiro atoms. The van der Waals surface area contributed by atoms with E-state index in [4.69, 9.17) is 21.1 Å². The Labute approximate surface area is 112 Å². The van der Waals surface area contributed by atoms with Gasteiger partial charge in [-0.05, 0) is 24.1 Å². The van der Waals surface area contributed by atoms with E-state index in [1.807, 2.05) is 0 Å². The molecule has 1 aromatic carbocycles. The molecule has 1 unspecified atom stereocenters. The summed E-state index contributed by atoms with van der Waals surface area (Å²) in [5.74, 6) is 0.487. The molecule has 18 heavy (non-hydrogen) atoms. The SMILES string of the molecule is COc1cc(CS(=O)(=O)C2CCOC2)ccc1Cl. The van der Waals surface area contributed by atoms with Crippen LogP contribution < -0.4 is 4.74 Å². The van der Waals surface area contributed by atoms with Gasteiger partial charge in [-0.15, -0.1) is 0 Å². The Hall–Kier alpha value is -0.780. The molecule has 0 saturated carbocycles. The van der Waals surface area contributed by atoms with Gasteiger partial charge >= 0.3 is 0 Å². The number of ether oxygens (including phenoxy) is 2. The fourth-order valence-corrected chi connectivity index (χ4v) is 3.77. The molecule has 1 aliphatic heterocycles. The zero-order valence-corrected chi connectivity index (χ0v) is 11.6. The summed E-state index contributed by atoms with van der Waals surface area (Å²) >= 11 is 5.90. The first-order chi connectivity index (χ1) is 8.53. The Bertz CT molecular complexity index is 521. The Balaban J connectivity index is 2.18. The van der Waals surface area contributed by atoms with Crippen LogP contribution in [-0.4, -0.2) is 34.0 Å². The lowest BCUT2D eigenvalue weighted by Crippen LogP contribution is -2.22. The van der Waals surface area contributed by atoms with Gasteiger partial charge in [0.05, 0.1) is 29.7 Å². The van der Waals surface area contributed by atoms with E-state index in [2.05, 4.69) is 0 Å². The van der Waals surface area contributed by atoms with E-state index in [1.165, 1.54) is 7.11 Å². The van der Waals surface area contributed by atoms with Gasteiger partial charge in [0.1, 0.15) is 5.75 Å². The summed E-state index contributed by atoms with van der Waals surface area (Å²) in [6, 6.07) is 5.02. The van der Waals surface area contributed by atoms with Crippen LogP contribution in [0.25, 0.3) is 0 Å². The van der Waals surface area contributed by atoms with Gasteiger partial charge in [0.2, 0.25) is 0 Å². The van der Waals surface area contributed by atoms with E-state index >= 15 is 0 Å². The van der Waals surface area contributed by atoms with Gasteiger partial charge in [-0.1, -0.05) is 17.7 Å². The summed E-state index contributed by atoms with van der Waals surface area (Å²) in [6.45, 7) is 0.820. The van der Waals surface area contributed by atoms with Crippen LogP contribution in [0.1, 0.15) is 12.0 Å². The number of hydrogen-bond acceptors (Lipinski definition) is 4. The molecule has 100 valence electrons. The van der Waals surface area contributed by atoms with Crippen molar-refractivity contribution in [3.05, 3.63) is 28.8 Å².